The number of nitrogens with one attached hydrogen (secondary N) is 2. The van der Waals surface area contributed by atoms with E-state index >= 15 is 0 Å². The second-order valence-electron chi connectivity index (χ2n) is 5.40. The molecule has 0 atom stereocenters. The minimum atomic E-state index is -3.70. The molecule has 8 heteroatoms. The normalized spacial score (nSPS) is 14.6. The van der Waals surface area contributed by atoms with Crippen molar-refractivity contribution in [2.45, 2.75) is 17.9 Å². The van der Waals surface area contributed by atoms with E-state index in [1.807, 2.05) is 12.1 Å². The summed E-state index contributed by atoms with van der Waals surface area (Å²) in [6, 6.07) is 10.6. The summed E-state index contributed by atoms with van der Waals surface area (Å²) in [6.07, 6.45) is 0.899. The first-order valence-electron chi connectivity index (χ1n) is 7.20. The number of aromatic nitrogens is 2. The Bertz CT molecular complexity index is 982. The van der Waals surface area contributed by atoms with Gasteiger partial charge in [-0.15, -0.1) is 0 Å². The van der Waals surface area contributed by atoms with E-state index < -0.39 is 10.0 Å². The lowest BCUT2D eigenvalue weighted by Gasteiger charge is -2.18. The van der Waals surface area contributed by atoms with Crippen LogP contribution in [0.15, 0.2) is 41.3 Å². The number of hydrogen-bond donors (Lipinski definition) is 2. The maximum absolute atomic E-state index is 12.7. The molecule has 0 saturated carbocycles. The fourth-order valence-electron chi connectivity index (χ4n) is 2.75. The van der Waals surface area contributed by atoms with Crippen molar-refractivity contribution in [2.75, 3.05) is 11.3 Å². The summed E-state index contributed by atoms with van der Waals surface area (Å²) in [5, 5.41) is 3.30. The zero-order valence-electron chi connectivity index (χ0n) is 12.1. The van der Waals surface area contributed by atoms with Crippen LogP contribution in [0, 0.1) is 0 Å². The summed E-state index contributed by atoms with van der Waals surface area (Å²) in [5.74, 6) is 0. The Labute approximate surface area is 137 Å². The molecule has 1 aliphatic heterocycles. The first-order valence-corrected chi connectivity index (χ1v) is 9.41. The molecule has 23 heavy (non-hydrogen) atoms. The van der Waals surface area contributed by atoms with Crippen LogP contribution >= 0.6 is 11.7 Å². The summed E-state index contributed by atoms with van der Waals surface area (Å²) in [5.41, 5.74) is 3.97. The molecule has 0 aliphatic carbocycles. The lowest BCUT2D eigenvalue weighted by atomic mass is 10.0. The summed E-state index contributed by atoms with van der Waals surface area (Å²) in [6.45, 7) is 1.74. The standard InChI is InChI=1S/C15H14N4O2S2/c20-23(21,14-3-1-2-13-15(14)18-22-17-13)19-12-5-4-11-9-16-7-6-10(11)8-12/h1-5,8,16,19H,6-7,9H2. The molecule has 2 N–H and O–H groups in total. The number of sulfonamides is 1. The van der Waals surface area contributed by atoms with Crippen molar-refractivity contribution in [2.24, 2.45) is 0 Å². The Hall–Kier alpha value is -2.03. The molecule has 4 rings (SSSR count). The van der Waals surface area contributed by atoms with Gasteiger partial charge in [-0.3, -0.25) is 4.72 Å². The minimum Gasteiger partial charge on any atom is -0.312 e. The number of anilines is 1. The van der Waals surface area contributed by atoms with Crippen molar-refractivity contribution < 1.29 is 8.42 Å². The fraction of sp³-hybridized carbons (Fsp3) is 0.200. The molecule has 0 fully saturated rings. The van der Waals surface area contributed by atoms with Gasteiger partial charge in [-0.1, -0.05) is 12.1 Å². The lowest BCUT2D eigenvalue weighted by molar-refractivity contribution is 0.602. The average molecular weight is 346 g/mol. The highest BCUT2D eigenvalue weighted by Gasteiger charge is 2.20. The van der Waals surface area contributed by atoms with Crippen molar-refractivity contribution >= 4 is 38.5 Å². The molecule has 2 heterocycles. The van der Waals surface area contributed by atoms with Gasteiger partial charge < -0.3 is 5.32 Å². The van der Waals surface area contributed by atoms with Crippen LogP contribution < -0.4 is 10.0 Å². The van der Waals surface area contributed by atoms with Crippen LogP contribution in [0.25, 0.3) is 11.0 Å². The predicted octanol–water partition coefficient (Wildman–Crippen LogP) is 2.14. The van der Waals surface area contributed by atoms with E-state index in [1.54, 1.807) is 24.3 Å². The van der Waals surface area contributed by atoms with Crippen LogP contribution in [-0.4, -0.2) is 23.7 Å². The first-order chi connectivity index (χ1) is 11.1. The van der Waals surface area contributed by atoms with Gasteiger partial charge in [-0.2, -0.15) is 8.75 Å². The molecule has 0 spiro atoms. The molecular formula is C15H14N4O2S2. The van der Waals surface area contributed by atoms with E-state index in [4.69, 9.17) is 0 Å². The Balaban J connectivity index is 1.71. The maximum atomic E-state index is 12.7. The van der Waals surface area contributed by atoms with Crippen LogP contribution in [-0.2, 0) is 23.0 Å². The molecule has 3 aromatic rings. The summed E-state index contributed by atoms with van der Waals surface area (Å²) >= 11 is 1.01. The maximum Gasteiger partial charge on any atom is 0.264 e. The highest BCUT2D eigenvalue weighted by Crippen LogP contribution is 2.25. The van der Waals surface area contributed by atoms with Crippen LogP contribution in [0.2, 0.25) is 0 Å². The number of fused-ring (bicyclic) bond motifs is 2. The zero-order chi connectivity index (χ0) is 15.9. The monoisotopic (exact) mass is 346 g/mol. The topological polar surface area (TPSA) is 84.0 Å². The summed E-state index contributed by atoms with van der Waals surface area (Å²) in [4.78, 5) is 0.156. The predicted molar refractivity (Wildman–Crippen MR) is 90.1 cm³/mol. The van der Waals surface area contributed by atoms with Crippen molar-refractivity contribution in [3.63, 3.8) is 0 Å². The third-order valence-electron chi connectivity index (χ3n) is 3.88. The smallest absolute Gasteiger partial charge is 0.264 e. The highest BCUT2D eigenvalue weighted by atomic mass is 32.2. The second-order valence-corrected chi connectivity index (χ2v) is 7.58. The molecule has 0 bridgehead atoms. The van der Waals surface area contributed by atoms with Gasteiger partial charge in [0.05, 0.1) is 11.7 Å². The molecule has 0 radical (unpaired) electrons. The van der Waals surface area contributed by atoms with E-state index in [2.05, 4.69) is 18.8 Å². The van der Waals surface area contributed by atoms with Gasteiger partial charge >= 0.3 is 0 Å². The van der Waals surface area contributed by atoms with Crippen molar-refractivity contribution in [1.29, 1.82) is 0 Å². The third-order valence-corrected chi connectivity index (χ3v) is 5.84. The quantitative estimate of drug-likeness (QED) is 0.759. The zero-order valence-corrected chi connectivity index (χ0v) is 13.7. The van der Waals surface area contributed by atoms with E-state index in [-0.39, 0.29) is 4.90 Å². The average Bonchev–Trinajstić information content (AvgIpc) is 3.02. The summed E-state index contributed by atoms with van der Waals surface area (Å²) in [7, 11) is -3.70. The highest BCUT2D eigenvalue weighted by molar-refractivity contribution is 7.93. The molecule has 6 nitrogen and oxygen atoms in total. The van der Waals surface area contributed by atoms with Gasteiger partial charge in [-0.05, 0) is 48.4 Å². The number of nitrogens with zero attached hydrogens (tertiary/aromatic N) is 2. The Morgan fingerprint density at radius 1 is 1.13 bits per heavy atom. The third kappa shape index (κ3) is 2.69. The lowest BCUT2D eigenvalue weighted by Crippen LogP contribution is -2.23. The second kappa shape index (κ2) is 5.55. The summed E-state index contributed by atoms with van der Waals surface area (Å²) < 4.78 is 36.2. The molecule has 1 aliphatic rings. The van der Waals surface area contributed by atoms with E-state index in [1.165, 1.54) is 11.1 Å². The molecule has 0 saturated heterocycles. The Morgan fingerprint density at radius 3 is 2.96 bits per heavy atom. The SMILES string of the molecule is O=S(=O)(Nc1ccc2c(c1)CCNC2)c1cccc2nsnc12. The number of rotatable bonds is 3. The largest absolute Gasteiger partial charge is 0.312 e. The van der Waals surface area contributed by atoms with Gasteiger partial charge in [0.1, 0.15) is 15.9 Å². The van der Waals surface area contributed by atoms with Gasteiger partial charge in [-0.25, -0.2) is 8.42 Å². The van der Waals surface area contributed by atoms with Gasteiger partial charge in [0.25, 0.3) is 10.0 Å². The fourth-order valence-corrected chi connectivity index (χ4v) is 4.57. The Morgan fingerprint density at radius 2 is 2.04 bits per heavy atom. The van der Waals surface area contributed by atoms with E-state index in [9.17, 15) is 8.42 Å². The molecular weight excluding hydrogens is 332 g/mol. The molecule has 2 aromatic carbocycles. The molecule has 0 unspecified atom stereocenters. The van der Waals surface area contributed by atoms with Crippen molar-refractivity contribution in [3.8, 4) is 0 Å². The van der Waals surface area contributed by atoms with Crippen LogP contribution in [0.5, 0.6) is 0 Å². The van der Waals surface area contributed by atoms with Crippen LogP contribution in [0.1, 0.15) is 11.1 Å². The molecule has 118 valence electrons. The first kappa shape index (κ1) is 14.6. The molecule has 1 aromatic heterocycles. The molecule has 0 amide bonds. The minimum absolute atomic E-state index is 0.156. The van der Waals surface area contributed by atoms with E-state index in [0.29, 0.717) is 16.7 Å². The van der Waals surface area contributed by atoms with Crippen LogP contribution in [0.3, 0.4) is 0 Å². The van der Waals surface area contributed by atoms with Crippen molar-refractivity contribution in [3.05, 3.63) is 47.5 Å². The number of benzene rings is 2. The van der Waals surface area contributed by atoms with E-state index in [0.717, 1.165) is 31.2 Å². The van der Waals surface area contributed by atoms with Crippen LogP contribution in [0.4, 0.5) is 5.69 Å². The van der Waals surface area contributed by atoms with Gasteiger partial charge in [0.2, 0.25) is 0 Å². The van der Waals surface area contributed by atoms with Crippen molar-refractivity contribution in [1.82, 2.24) is 14.1 Å². The Kier molecular flexibility index (Phi) is 3.51. The van der Waals surface area contributed by atoms with Gasteiger partial charge in [0.15, 0.2) is 0 Å². The number of hydrogen-bond acceptors (Lipinski definition) is 6. The van der Waals surface area contributed by atoms with Gasteiger partial charge in [0, 0.05) is 12.2 Å².